The van der Waals surface area contributed by atoms with Crippen molar-refractivity contribution in [3.63, 3.8) is 0 Å². The number of rotatable bonds is 3. The molecule has 1 aromatic carbocycles. The molecule has 2 rings (SSSR count). The number of aromatic nitrogens is 1. The lowest BCUT2D eigenvalue weighted by Crippen LogP contribution is -2.14. The van der Waals surface area contributed by atoms with E-state index in [2.05, 4.69) is 15.0 Å². The van der Waals surface area contributed by atoms with Crippen molar-refractivity contribution in [3.8, 4) is 0 Å². The van der Waals surface area contributed by atoms with Gasteiger partial charge in [-0.05, 0) is 36.4 Å². The highest BCUT2D eigenvalue weighted by Crippen LogP contribution is 2.17. The molecule has 5 nitrogen and oxygen atoms in total. The second kappa shape index (κ2) is 6.56. The number of carbonyl (C=O) groups excluding carboxylic acids is 2. The lowest BCUT2D eigenvalue weighted by molar-refractivity contribution is 0.0600. The first-order valence-corrected chi connectivity index (χ1v) is 6.58. The van der Waals surface area contributed by atoms with Gasteiger partial charge in [-0.2, -0.15) is 0 Å². The zero-order valence-corrected chi connectivity index (χ0v) is 12.4. The first-order chi connectivity index (χ1) is 9.99. The van der Waals surface area contributed by atoms with Crippen molar-refractivity contribution in [2.75, 3.05) is 12.4 Å². The van der Waals surface area contributed by atoms with Crippen LogP contribution in [0.3, 0.4) is 0 Å². The quantitative estimate of drug-likeness (QED) is 0.693. The predicted octanol–water partition coefficient (Wildman–Crippen LogP) is 3.43. The maximum Gasteiger partial charge on any atom is 0.337 e. The molecule has 2 aromatic rings. The van der Waals surface area contributed by atoms with Gasteiger partial charge in [-0.15, -0.1) is 0 Å². The van der Waals surface area contributed by atoms with E-state index in [0.717, 1.165) is 0 Å². The van der Waals surface area contributed by atoms with Crippen LogP contribution in [0.2, 0.25) is 10.2 Å². The van der Waals surface area contributed by atoms with Crippen LogP contribution >= 0.6 is 23.2 Å². The van der Waals surface area contributed by atoms with Crippen LogP contribution in [-0.4, -0.2) is 24.0 Å². The molecule has 0 atom stereocenters. The molecule has 1 amide bonds. The molecule has 1 N–H and O–H groups in total. The van der Waals surface area contributed by atoms with Gasteiger partial charge in [0.1, 0.15) is 10.8 Å². The topological polar surface area (TPSA) is 68.3 Å². The van der Waals surface area contributed by atoms with Gasteiger partial charge in [0.2, 0.25) is 0 Å². The summed E-state index contributed by atoms with van der Waals surface area (Å²) in [5, 5.41) is 3.08. The molecule has 7 heteroatoms. The van der Waals surface area contributed by atoms with Gasteiger partial charge in [0.05, 0.1) is 12.7 Å². The molecule has 1 aromatic heterocycles. The largest absolute Gasteiger partial charge is 0.465 e. The third-order valence-electron chi connectivity index (χ3n) is 2.56. The van der Waals surface area contributed by atoms with E-state index >= 15 is 0 Å². The van der Waals surface area contributed by atoms with Crippen LogP contribution < -0.4 is 5.32 Å². The number of halogens is 2. The van der Waals surface area contributed by atoms with E-state index in [4.69, 9.17) is 23.2 Å². The Hall–Kier alpha value is -2.11. The minimum Gasteiger partial charge on any atom is -0.465 e. The molecular weight excluding hydrogens is 315 g/mol. The van der Waals surface area contributed by atoms with Crippen LogP contribution in [0.5, 0.6) is 0 Å². The Morgan fingerprint density at radius 2 is 1.81 bits per heavy atom. The normalized spacial score (nSPS) is 10.0. The van der Waals surface area contributed by atoms with Crippen molar-refractivity contribution in [1.29, 1.82) is 0 Å². The zero-order valence-electron chi connectivity index (χ0n) is 10.9. The third kappa shape index (κ3) is 3.93. The molecule has 0 aliphatic rings. The fraction of sp³-hybridized carbons (Fsp3) is 0.0714. The molecule has 0 bridgehead atoms. The van der Waals surface area contributed by atoms with E-state index in [0.29, 0.717) is 16.3 Å². The van der Waals surface area contributed by atoms with E-state index in [-0.39, 0.29) is 10.8 Å². The molecular formula is C14H10Cl2N2O3. The molecule has 0 unspecified atom stereocenters. The molecule has 0 aliphatic heterocycles. The second-order valence-electron chi connectivity index (χ2n) is 4.02. The van der Waals surface area contributed by atoms with Crippen LogP contribution in [0.25, 0.3) is 0 Å². The maximum absolute atomic E-state index is 12.0. The van der Waals surface area contributed by atoms with E-state index in [9.17, 15) is 9.59 Å². The average Bonchev–Trinajstić information content (AvgIpc) is 2.46. The van der Waals surface area contributed by atoms with Gasteiger partial charge in [-0.1, -0.05) is 23.2 Å². The van der Waals surface area contributed by atoms with Crippen molar-refractivity contribution in [3.05, 3.63) is 57.8 Å². The van der Waals surface area contributed by atoms with Crippen LogP contribution in [-0.2, 0) is 4.74 Å². The molecule has 0 saturated carbocycles. The molecule has 0 aliphatic carbocycles. The Bertz CT molecular complexity index is 667. The predicted molar refractivity (Wildman–Crippen MR) is 80.0 cm³/mol. The second-order valence-corrected chi connectivity index (χ2v) is 4.84. The Morgan fingerprint density at radius 1 is 1.14 bits per heavy atom. The zero-order chi connectivity index (χ0) is 15.4. The van der Waals surface area contributed by atoms with Gasteiger partial charge in [-0.3, -0.25) is 4.79 Å². The highest BCUT2D eigenvalue weighted by molar-refractivity contribution is 6.34. The summed E-state index contributed by atoms with van der Waals surface area (Å²) in [5.74, 6) is -0.901. The number of amides is 1. The van der Waals surface area contributed by atoms with Gasteiger partial charge in [0, 0.05) is 10.7 Å². The number of anilines is 1. The molecule has 0 saturated heterocycles. The minimum atomic E-state index is -0.454. The van der Waals surface area contributed by atoms with Gasteiger partial charge < -0.3 is 10.1 Å². The summed E-state index contributed by atoms with van der Waals surface area (Å²) in [6.45, 7) is 0. The summed E-state index contributed by atoms with van der Waals surface area (Å²) >= 11 is 11.6. The van der Waals surface area contributed by atoms with E-state index in [1.54, 1.807) is 24.3 Å². The Kier molecular flexibility index (Phi) is 4.77. The average molecular weight is 325 g/mol. The third-order valence-corrected chi connectivity index (χ3v) is 2.97. The van der Waals surface area contributed by atoms with Gasteiger partial charge in [0.15, 0.2) is 0 Å². The molecule has 0 spiro atoms. The van der Waals surface area contributed by atoms with Crippen molar-refractivity contribution >= 4 is 40.8 Å². The van der Waals surface area contributed by atoms with Crippen LogP contribution in [0.1, 0.15) is 20.8 Å². The summed E-state index contributed by atoms with van der Waals surface area (Å²) in [4.78, 5) is 27.2. The monoisotopic (exact) mass is 324 g/mol. The maximum atomic E-state index is 12.0. The number of nitrogens with zero attached hydrogens (tertiary/aromatic N) is 1. The van der Waals surface area contributed by atoms with E-state index in [1.165, 1.54) is 19.2 Å². The molecule has 21 heavy (non-hydrogen) atoms. The summed E-state index contributed by atoms with van der Waals surface area (Å²) in [5.41, 5.74) is 0.995. The van der Waals surface area contributed by atoms with Gasteiger partial charge >= 0.3 is 5.97 Å². The number of esters is 1. The first-order valence-electron chi connectivity index (χ1n) is 5.82. The summed E-state index contributed by atoms with van der Waals surface area (Å²) in [7, 11) is 1.30. The standard InChI is InChI=1S/C14H10Cl2N2O3/c1-21-14(20)8-2-4-10(5-3-8)17-13(19)11-6-9(15)7-12(16)18-11/h2-7H,1H3,(H,17,19). The molecule has 0 radical (unpaired) electrons. The van der Waals surface area contributed by atoms with Gasteiger partial charge in [0.25, 0.3) is 5.91 Å². The number of ether oxygens (including phenoxy) is 1. The number of pyridine rings is 1. The Morgan fingerprint density at radius 3 is 2.38 bits per heavy atom. The van der Waals surface area contributed by atoms with Crippen molar-refractivity contribution in [1.82, 2.24) is 4.98 Å². The van der Waals surface area contributed by atoms with Gasteiger partial charge in [-0.25, -0.2) is 9.78 Å². The minimum absolute atomic E-state index is 0.101. The summed E-state index contributed by atoms with van der Waals surface area (Å²) in [6, 6.07) is 9.09. The van der Waals surface area contributed by atoms with Crippen molar-refractivity contribution in [2.24, 2.45) is 0 Å². The first kappa shape index (κ1) is 15.3. The number of methoxy groups -OCH3 is 1. The number of benzene rings is 1. The summed E-state index contributed by atoms with van der Waals surface area (Å²) < 4.78 is 4.59. The highest BCUT2D eigenvalue weighted by atomic mass is 35.5. The molecule has 0 fully saturated rings. The van der Waals surface area contributed by atoms with Crippen molar-refractivity contribution in [2.45, 2.75) is 0 Å². The lowest BCUT2D eigenvalue weighted by atomic mass is 10.2. The SMILES string of the molecule is COC(=O)c1ccc(NC(=O)c2cc(Cl)cc(Cl)n2)cc1. The smallest absolute Gasteiger partial charge is 0.337 e. The number of carbonyl (C=O) groups is 2. The fourth-order valence-electron chi connectivity index (χ4n) is 1.58. The van der Waals surface area contributed by atoms with Crippen LogP contribution in [0, 0.1) is 0 Å². The number of hydrogen-bond donors (Lipinski definition) is 1. The summed E-state index contributed by atoms with van der Waals surface area (Å²) in [6.07, 6.45) is 0. The number of hydrogen-bond acceptors (Lipinski definition) is 4. The Labute approximate surface area is 130 Å². The Balaban J connectivity index is 2.14. The fourth-order valence-corrected chi connectivity index (χ4v) is 2.06. The van der Waals surface area contributed by atoms with E-state index in [1.807, 2.05) is 0 Å². The lowest BCUT2D eigenvalue weighted by Gasteiger charge is -2.06. The van der Waals surface area contributed by atoms with Crippen LogP contribution in [0.4, 0.5) is 5.69 Å². The highest BCUT2D eigenvalue weighted by Gasteiger charge is 2.11. The molecule has 108 valence electrons. The van der Waals surface area contributed by atoms with Crippen LogP contribution in [0.15, 0.2) is 36.4 Å². The molecule has 1 heterocycles. The number of nitrogens with one attached hydrogen (secondary N) is 1. The van der Waals surface area contributed by atoms with E-state index < -0.39 is 11.9 Å². The van der Waals surface area contributed by atoms with Crippen molar-refractivity contribution < 1.29 is 14.3 Å².